The largest absolute Gasteiger partial charge is 0.329 e. The number of pyridine rings is 1. The Morgan fingerprint density at radius 3 is 2.79 bits per heavy atom. The molecule has 2 fully saturated rings. The number of aromatic nitrogens is 1. The van der Waals surface area contributed by atoms with E-state index in [4.69, 9.17) is 0 Å². The normalized spacial score (nSPS) is 22.9. The molecular weight excluding hydrogens is 242 g/mol. The maximum absolute atomic E-state index is 12.5. The van der Waals surface area contributed by atoms with E-state index in [2.05, 4.69) is 4.98 Å². The number of piperazine rings is 1. The van der Waals surface area contributed by atoms with Crippen molar-refractivity contribution < 1.29 is 9.59 Å². The van der Waals surface area contributed by atoms with Gasteiger partial charge in [0.2, 0.25) is 11.8 Å². The summed E-state index contributed by atoms with van der Waals surface area (Å²) in [6.45, 7) is 4.65. The summed E-state index contributed by atoms with van der Waals surface area (Å²) >= 11 is 0. The Morgan fingerprint density at radius 1 is 1.26 bits per heavy atom. The summed E-state index contributed by atoms with van der Waals surface area (Å²) in [5.74, 6) is 0.0768. The molecule has 2 amide bonds. The summed E-state index contributed by atoms with van der Waals surface area (Å²) in [7, 11) is 0. The molecule has 2 saturated heterocycles. The van der Waals surface area contributed by atoms with E-state index in [1.807, 2.05) is 26.0 Å². The van der Waals surface area contributed by atoms with Crippen molar-refractivity contribution in [3.63, 3.8) is 0 Å². The van der Waals surface area contributed by atoms with Crippen molar-refractivity contribution in [2.45, 2.75) is 32.7 Å². The molecule has 0 spiro atoms. The standard InChI is InChI=1S/C14H17N3O2/c1-9-5-6-11(10(2)15-9)17-8-13(18)16-7-3-4-12(16)14(17)19/h5-6,12H,3-4,7-8H2,1-2H3. The van der Waals surface area contributed by atoms with Crippen LogP contribution in [0.15, 0.2) is 12.1 Å². The van der Waals surface area contributed by atoms with Gasteiger partial charge in [-0.05, 0) is 38.8 Å². The molecule has 0 aromatic carbocycles. The van der Waals surface area contributed by atoms with Crippen molar-refractivity contribution in [3.05, 3.63) is 23.5 Å². The molecule has 5 heteroatoms. The van der Waals surface area contributed by atoms with Crippen LogP contribution >= 0.6 is 0 Å². The van der Waals surface area contributed by atoms with Gasteiger partial charge in [0, 0.05) is 12.2 Å². The molecule has 0 radical (unpaired) electrons. The van der Waals surface area contributed by atoms with E-state index in [1.165, 1.54) is 0 Å². The Morgan fingerprint density at radius 2 is 2.05 bits per heavy atom. The van der Waals surface area contributed by atoms with E-state index < -0.39 is 0 Å². The third-order valence-corrected chi connectivity index (χ3v) is 3.91. The highest BCUT2D eigenvalue weighted by molar-refractivity contribution is 6.07. The Balaban J connectivity index is 1.96. The lowest BCUT2D eigenvalue weighted by atomic mass is 10.1. The molecule has 2 aliphatic heterocycles. The summed E-state index contributed by atoms with van der Waals surface area (Å²) in [5.41, 5.74) is 2.47. The van der Waals surface area contributed by atoms with Gasteiger partial charge in [0.15, 0.2) is 0 Å². The predicted molar refractivity (Wildman–Crippen MR) is 70.8 cm³/mol. The van der Waals surface area contributed by atoms with Crippen LogP contribution in [-0.2, 0) is 9.59 Å². The van der Waals surface area contributed by atoms with E-state index >= 15 is 0 Å². The van der Waals surface area contributed by atoms with Crippen molar-refractivity contribution in [2.75, 3.05) is 18.0 Å². The Bertz CT molecular complexity index is 556. The van der Waals surface area contributed by atoms with Crippen LogP contribution < -0.4 is 4.90 Å². The second-order valence-electron chi connectivity index (χ2n) is 5.23. The minimum absolute atomic E-state index is 0.0332. The minimum atomic E-state index is -0.262. The van der Waals surface area contributed by atoms with Crippen molar-refractivity contribution in [1.29, 1.82) is 0 Å². The first-order chi connectivity index (χ1) is 9.08. The van der Waals surface area contributed by atoms with Crippen LogP contribution in [0.5, 0.6) is 0 Å². The average Bonchev–Trinajstić information content (AvgIpc) is 2.84. The number of carbonyl (C=O) groups excluding carboxylic acids is 2. The topological polar surface area (TPSA) is 53.5 Å². The molecule has 2 aliphatic rings. The summed E-state index contributed by atoms with van der Waals surface area (Å²) in [4.78, 5) is 32.3. The molecule has 0 aliphatic carbocycles. The lowest BCUT2D eigenvalue weighted by Gasteiger charge is -2.36. The molecule has 3 heterocycles. The molecule has 0 N–H and O–H groups in total. The lowest BCUT2D eigenvalue weighted by Crippen LogP contribution is -2.57. The molecule has 5 nitrogen and oxygen atoms in total. The van der Waals surface area contributed by atoms with Gasteiger partial charge in [-0.3, -0.25) is 19.5 Å². The van der Waals surface area contributed by atoms with Gasteiger partial charge in [0.05, 0.1) is 11.4 Å². The smallest absolute Gasteiger partial charge is 0.250 e. The van der Waals surface area contributed by atoms with Crippen LogP contribution in [0.1, 0.15) is 24.2 Å². The van der Waals surface area contributed by atoms with Gasteiger partial charge in [-0.25, -0.2) is 0 Å². The first kappa shape index (κ1) is 12.1. The van der Waals surface area contributed by atoms with E-state index in [0.29, 0.717) is 6.54 Å². The molecular formula is C14H17N3O2. The molecule has 1 aromatic heterocycles. The summed E-state index contributed by atoms with van der Waals surface area (Å²) < 4.78 is 0. The predicted octanol–water partition coefficient (Wildman–Crippen LogP) is 1.04. The number of aryl methyl sites for hydroxylation is 2. The van der Waals surface area contributed by atoms with Gasteiger partial charge in [0.1, 0.15) is 12.6 Å². The highest BCUT2D eigenvalue weighted by Crippen LogP contribution is 2.28. The monoisotopic (exact) mass is 259 g/mol. The van der Waals surface area contributed by atoms with Gasteiger partial charge < -0.3 is 4.90 Å². The molecule has 100 valence electrons. The third-order valence-electron chi connectivity index (χ3n) is 3.91. The molecule has 1 unspecified atom stereocenters. The van der Waals surface area contributed by atoms with E-state index in [9.17, 15) is 9.59 Å². The second kappa shape index (κ2) is 4.33. The van der Waals surface area contributed by atoms with Crippen molar-refractivity contribution >= 4 is 17.5 Å². The van der Waals surface area contributed by atoms with Crippen LogP contribution in [0.25, 0.3) is 0 Å². The Labute approximate surface area is 112 Å². The quantitative estimate of drug-likeness (QED) is 0.757. The molecule has 0 bridgehead atoms. The van der Waals surface area contributed by atoms with Crippen LogP contribution in [0, 0.1) is 13.8 Å². The third kappa shape index (κ3) is 1.89. The van der Waals surface area contributed by atoms with E-state index in [-0.39, 0.29) is 24.4 Å². The van der Waals surface area contributed by atoms with Crippen LogP contribution in [0.3, 0.4) is 0 Å². The van der Waals surface area contributed by atoms with E-state index in [1.54, 1.807) is 9.80 Å². The SMILES string of the molecule is Cc1ccc(N2CC(=O)N3CCCC3C2=O)c(C)n1. The Hall–Kier alpha value is -1.91. The highest BCUT2D eigenvalue weighted by atomic mass is 16.2. The fourth-order valence-electron chi connectivity index (χ4n) is 2.97. The van der Waals surface area contributed by atoms with Crippen LogP contribution in [0.2, 0.25) is 0 Å². The minimum Gasteiger partial charge on any atom is -0.329 e. The number of carbonyl (C=O) groups is 2. The number of nitrogens with zero attached hydrogens (tertiary/aromatic N) is 3. The van der Waals surface area contributed by atoms with E-state index in [0.717, 1.165) is 29.9 Å². The van der Waals surface area contributed by atoms with Crippen LogP contribution in [0.4, 0.5) is 5.69 Å². The number of rotatable bonds is 1. The number of amides is 2. The summed E-state index contributed by atoms with van der Waals surface area (Å²) in [5, 5.41) is 0. The zero-order chi connectivity index (χ0) is 13.6. The lowest BCUT2D eigenvalue weighted by molar-refractivity contribution is -0.140. The first-order valence-corrected chi connectivity index (χ1v) is 6.63. The molecule has 19 heavy (non-hydrogen) atoms. The second-order valence-corrected chi connectivity index (χ2v) is 5.23. The van der Waals surface area contributed by atoms with Gasteiger partial charge in [-0.15, -0.1) is 0 Å². The Kier molecular flexibility index (Phi) is 2.77. The zero-order valence-corrected chi connectivity index (χ0v) is 11.2. The van der Waals surface area contributed by atoms with Gasteiger partial charge in [-0.1, -0.05) is 0 Å². The average molecular weight is 259 g/mol. The van der Waals surface area contributed by atoms with Gasteiger partial charge in [0.25, 0.3) is 0 Å². The van der Waals surface area contributed by atoms with Crippen LogP contribution in [-0.4, -0.2) is 40.8 Å². The fourth-order valence-corrected chi connectivity index (χ4v) is 2.97. The van der Waals surface area contributed by atoms with Gasteiger partial charge in [-0.2, -0.15) is 0 Å². The maximum Gasteiger partial charge on any atom is 0.250 e. The molecule has 1 aromatic rings. The summed E-state index contributed by atoms with van der Waals surface area (Å²) in [6, 6.07) is 3.50. The van der Waals surface area contributed by atoms with Crippen molar-refractivity contribution in [2.24, 2.45) is 0 Å². The number of hydrogen-bond donors (Lipinski definition) is 0. The zero-order valence-electron chi connectivity index (χ0n) is 11.2. The van der Waals surface area contributed by atoms with Gasteiger partial charge >= 0.3 is 0 Å². The number of anilines is 1. The maximum atomic E-state index is 12.5. The molecule has 1 atom stereocenters. The highest BCUT2D eigenvalue weighted by Gasteiger charge is 2.42. The van der Waals surface area contributed by atoms with Crippen molar-refractivity contribution in [3.8, 4) is 0 Å². The summed E-state index contributed by atoms with van der Waals surface area (Å²) in [6.07, 6.45) is 1.69. The fraction of sp³-hybridized carbons (Fsp3) is 0.500. The molecule has 0 saturated carbocycles. The van der Waals surface area contributed by atoms with Crippen molar-refractivity contribution in [1.82, 2.24) is 9.88 Å². The first-order valence-electron chi connectivity index (χ1n) is 6.63. The number of hydrogen-bond acceptors (Lipinski definition) is 3. The number of fused-ring (bicyclic) bond motifs is 1. The molecule has 3 rings (SSSR count).